The number of aromatic nitrogens is 1. The molecule has 0 unspecified atom stereocenters. The summed E-state index contributed by atoms with van der Waals surface area (Å²) in [5.74, 6) is 0.786. The maximum atomic E-state index is 13.2. The van der Waals surface area contributed by atoms with Gasteiger partial charge in [-0.3, -0.25) is 0 Å². The molecular formula is C15H17FN2O. The monoisotopic (exact) mass is 260 g/mol. The van der Waals surface area contributed by atoms with E-state index in [4.69, 9.17) is 4.74 Å². The van der Waals surface area contributed by atoms with Gasteiger partial charge in [0.2, 0.25) is 5.88 Å². The molecule has 1 N–H and O–H groups in total. The minimum atomic E-state index is -0.357. The number of rotatable bonds is 5. The van der Waals surface area contributed by atoms with E-state index < -0.39 is 0 Å². The average Bonchev–Trinajstić information content (AvgIpc) is 2.39. The molecule has 0 radical (unpaired) electrons. The lowest BCUT2D eigenvalue weighted by molar-refractivity contribution is 0.448. The van der Waals surface area contributed by atoms with Crippen molar-refractivity contribution in [2.24, 2.45) is 0 Å². The van der Waals surface area contributed by atoms with Crippen molar-refractivity contribution in [2.45, 2.75) is 20.4 Å². The summed E-state index contributed by atoms with van der Waals surface area (Å²) in [6.45, 7) is 5.32. The van der Waals surface area contributed by atoms with Gasteiger partial charge in [-0.15, -0.1) is 0 Å². The van der Waals surface area contributed by atoms with Crippen LogP contribution in [0.2, 0.25) is 0 Å². The number of aryl methyl sites for hydroxylation is 1. The molecule has 0 atom stereocenters. The molecule has 4 heteroatoms. The van der Waals surface area contributed by atoms with Gasteiger partial charge in [-0.1, -0.05) is 19.1 Å². The highest BCUT2D eigenvalue weighted by Gasteiger charge is 2.08. The minimum Gasteiger partial charge on any atom is -0.439 e. The van der Waals surface area contributed by atoms with Gasteiger partial charge in [0.1, 0.15) is 11.6 Å². The van der Waals surface area contributed by atoms with Gasteiger partial charge < -0.3 is 10.1 Å². The van der Waals surface area contributed by atoms with Gasteiger partial charge in [-0.2, -0.15) is 0 Å². The van der Waals surface area contributed by atoms with Crippen molar-refractivity contribution in [2.75, 3.05) is 6.54 Å². The van der Waals surface area contributed by atoms with Gasteiger partial charge in [0.15, 0.2) is 0 Å². The molecule has 100 valence electrons. The molecule has 0 aliphatic heterocycles. The van der Waals surface area contributed by atoms with Gasteiger partial charge in [-0.05, 0) is 37.2 Å². The van der Waals surface area contributed by atoms with E-state index in [2.05, 4.69) is 10.3 Å². The molecule has 2 aromatic rings. The van der Waals surface area contributed by atoms with Gasteiger partial charge in [0, 0.05) is 12.1 Å². The van der Waals surface area contributed by atoms with E-state index in [0.717, 1.165) is 12.1 Å². The summed E-state index contributed by atoms with van der Waals surface area (Å²) in [5.41, 5.74) is 1.82. The highest BCUT2D eigenvalue weighted by atomic mass is 19.1. The molecule has 19 heavy (non-hydrogen) atoms. The van der Waals surface area contributed by atoms with Gasteiger partial charge in [0.25, 0.3) is 0 Å². The van der Waals surface area contributed by atoms with Gasteiger partial charge >= 0.3 is 0 Å². The Bertz CT molecular complexity index is 558. The van der Waals surface area contributed by atoms with E-state index in [0.29, 0.717) is 23.7 Å². The van der Waals surface area contributed by atoms with E-state index in [1.807, 2.05) is 38.1 Å². The molecule has 0 aliphatic rings. The predicted molar refractivity (Wildman–Crippen MR) is 72.8 cm³/mol. The van der Waals surface area contributed by atoms with Crippen LogP contribution in [0.3, 0.4) is 0 Å². The first kappa shape index (κ1) is 13.5. The van der Waals surface area contributed by atoms with Crippen molar-refractivity contribution < 1.29 is 9.13 Å². The lowest BCUT2D eigenvalue weighted by atomic mass is 10.2. The third-order valence-electron chi connectivity index (χ3n) is 2.66. The fourth-order valence-corrected chi connectivity index (χ4v) is 1.74. The first-order valence-electron chi connectivity index (χ1n) is 6.28. The van der Waals surface area contributed by atoms with Crippen LogP contribution in [0.5, 0.6) is 11.6 Å². The number of halogens is 1. The maximum absolute atomic E-state index is 13.2. The Hall–Kier alpha value is -1.94. The normalized spacial score (nSPS) is 10.5. The number of hydrogen-bond donors (Lipinski definition) is 1. The standard InChI is InChI=1S/C15H17FN2O/c1-3-17-9-12-8-13(16)10-18-15(12)19-14-6-4-5-11(2)7-14/h4-8,10,17H,3,9H2,1-2H3. The molecule has 1 aromatic carbocycles. The molecule has 1 aromatic heterocycles. The summed E-state index contributed by atoms with van der Waals surface area (Å²) >= 11 is 0. The van der Waals surface area contributed by atoms with Gasteiger partial charge in [-0.25, -0.2) is 9.37 Å². The Morgan fingerprint density at radius 3 is 2.89 bits per heavy atom. The quantitative estimate of drug-likeness (QED) is 0.894. The molecule has 0 aliphatic carbocycles. The molecule has 0 saturated carbocycles. The summed E-state index contributed by atoms with van der Waals surface area (Å²) in [6, 6.07) is 9.13. The Balaban J connectivity index is 2.23. The lowest BCUT2D eigenvalue weighted by Gasteiger charge is -2.10. The molecule has 0 saturated heterocycles. The fraction of sp³-hybridized carbons (Fsp3) is 0.267. The van der Waals surface area contributed by atoms with Crippen molar-refractivity contribution in [1.29, 1.82) is 0 Å². The number of benzene rings is 1. The zero-order valence-corrected chi connectivity index (χ0v) is 11.1. The first-order valence-corrected chi connectivity index (χ1v) is 6.28. The van der Waals surface area contributed by atoms with E-state index in [-0.39, 0.29) is 5.82 Å². The van der Waals surface area contributed by atoms with Crippen molar-refractivity contribution in [1.82, 2.24) is 10.3 Å². The predicted octanol–water partition coefficient (Wildman–Crippen LogP) is 3.43. The van der Waals surface area contributed by atoms with Crippen LogP contribution in [0.15, 0.2) is 36.5 Å². The number of ether oxygens (including phenoxy) is 1. The molecular weight excluding hydrogens is 243 g/mol. The van der Waals surface area contributed by atoms with E-state index in [1.54, 1.807) is 0 Å². The summed E-state index contributed by atoms with van der Waals surface area (Å²) in [5, 5.41) is 3.14. The van der Waals surface area contributed by atoms with Crippen molar-refractivity contribution in [3.05, 3.63) is 53.5 Å². The summed E-state index contributed by atoms with van der Waals surface area (Å²) < 4.78 is 19.0. The van der Waals surface area contributed by atoms with Crippen LogP contribution in [0, 0.1) is 12.7 Å². The second kappa shape index (κ2) is 6.29. The molecule has 3 nitrogen and oxygen atoms in total. The highest BCUT2D eigenvalue weighted by Crippen LogP contribution is 2.24. The molecule has 1 heterocycles. The Morgan fingerprint density at radius 1 is 1.32 bits per heavy atom. The zero-order valence-electron chi connectivity index (χ0n) is 11.1. The Morgan fingerprint density at radius 2 is 2.16 bits per heavy atom. The van der Waals surface area contributed by atoms with E-state index in [1.165, 1.54) is 12.3 Å². The first-order chi connectivity index (χ1) is 9.19. The number of pyridine rings is 1. The van der Waals surface area contributed by atoms with E-state index in [9.17, 15) is 4.39 Å². The average molecular weight is 260 g/mol. The van der Waals surface area contributed by atoms with Crippen LogP contribution < -0.4 is 10.1 Å². The van der Waals surface area contributed by atoms with Crippen molar-refractivity contribution in [3.63, 3.8) is 0 Å². The fourth-order valence-electron chi connectivity index (χ4n) is 1.74. The third kappa shape index (κ3) is 3.76. The van der Waals surface area contributed by atoms with Crippen molar-refractivity contribution in [3.8, 4) is 11.6 Å². The third-order valence-corrected chi connectivity index (χ3v) is 2.66. The summed E-state index contributed by atoms with van der Waals surface area (Å²) in [7, 11) is 0. The highest BCUT2D eigenvalue weighted by molar-refractivity contribution is 5.34. The summed E-state index contributed by atoms with van der Waals surface area (Å²) in [6.07, 6.45) is 1.17. The maximum Gasteiger partial charge on any atom is 0.223 e. The second-order valence-electron chi connectivity index (χ2n) is 4.32. The molecule has 2 rings (SSSR count). The van der Waals surface area contributed by atoms with Crippen LogP contribution in [0.4, 0.5) is 4.39 Å². The molecule has 0 bridgehead atoms. The Labute approximate surface area is 112 Å². The van der Waals surface area contributed by atoms with Crippen LogP contribution >= 0.6 is 0 Å². The summed E-state index contributed by atoms with van der Waals surface area (Å²) in [4.78, 5) is 4.02. The molecule has 0 amide bonds. The van der Waals surface area contributed by atoms with Gasteiger partial charge in [0.05, 0.1) is 6.20 Å². The molecule has 0 spiro atoms. The number of nitrogens with zero attached hydrogens (tertiary/aromatic N) is 1. The SMILES string of the molecule is CCNCc1cc(F)cnc1Oc1cccc(C)c1. The largest absolute Gasteiger partial charge is 0.439 e. The van der Waals surface area contributed by atoms with Crippen LogP contribution in [0.25, 0.3) is 0 Å². The zero-order chi connectivity index (χ0) is 13.7. The second-order valence-corrected chi connectivity index (χ2v) is 4.32. The van der Waals surface area contributed by atoms with Crippen molar-refractivity contribution >= 4 is 0 Å². The van der Waals surface area contributed by atoms with Crippen LogP contribution in [-0.4, -0.2) is 11.5 Å². The molecule has 0 fully saturated rings. The lowest BCUT2D eigenvalue weighted by Crippen LogP contribution is -2.13. The number of nitrogens with one attached hydrogen (secondary N) is 1. The smallest absolute Gasteiger partial charge is 0.223 e. The Kier molecular flexibility index (Phi) is 4.47. The van der Waals surface area contributed by atoms with E-state index >= 15 is 0 Å². The van der Waals surface area contributed by atoms with Crippen LogP contribution in [-0.2, 0) is 6.54 Å². The number of hydrogen-bond acceptors (Lipinski definition) is 3. The van der Waals surface area contributed by atoms with Crippen LogP contribution in [0.1, 0.15) is 18.1 Å². The topological polar surface area (TPSA) is 34.2 Å². The minimum absolute atomic E-state index is 0.357.